The molecule has 1 unspecified atom stereocenters. The first-order valence-corrected chi connectivity index (χ1v) is 6.42. The van der Waals surface area contributed by atoms with Crippen molar-refractivity contribution in [1.82, 2.24) is 4.90 Å². The molecule has 0 N–H and O–H groups in total. The fraction of sp³-hybridized carbons (Fsp3) is 0.923. The van der Waals surface area contributed by atoms with Gasteiger partial charge in [-0.2, -0.15) is 0 Å². The third kappa shape index (κ3) is 3.60. The second kappa shape index (κ2) is 6.26. The largest absolute Gasteiger partial charge is 0.303 e. The normalized spacial score (nSPS) is 22.7. The van der Waals surface area contributed by atoms with Gasteiger partial charge in [-0.25, -0.2) is 0 Å². The summed E-state index contributed by atoms with van der Waals surface area (Å²) in [6, 6.07) is 0.653. The Kier molecular flexibility index (Phi) is 5.30. The zero-order chi connectivity index (χ0) is 11.3. The second-order valence-electron chi connectivity index (χ2n) is 4.82. The van der Waals surface area contributed by atoms with Crippen molar-refractivity contribution in [3.63, 3.8) is 0 Å². The van der Waals surface area contributed by atoms with Gasteiger partial charge in [0.25, 0.3) is 0 Å². The van der Waals surface area contributed by atoms with E-state index in [1.165, 1.54) is 19.3 Å². The zero-order valence-corrected chi connectivity index (χ0v) is 10.5. The lowest BCUT2D eigenvalue weighted by molar-refractivity contribution is -0.125. The molecule has 0 aromatic carbocycles. The lowest BCUT2D eigenvalue weighted by Crippen LogP contribution is -2.38. The van der Waals surface area contributed by atoms with Crippen molar-refractivity contribution in [3.8, 4) is 0 Å². The third-order valence-corrected chi connectivity index (χ3v) is 3.76. The summed E-state index contributed by atoms with van der Waals surface area (Å²) in [5.74, 6) is 0.823. The number of nitrogens with zero attached hydrogens (tertiary/aromatic N) is 1. The number of Topliss-reactive ketones (excluding diaryl/α,β-unsaturated/α-hetero) is 1. The molecule has 0 radical (unpaired) electrons. The van der Waals surface area contributed by atoms with E-state index in [2.05, 4.69) is 25.8 Å². The van der Waals surface area contributed by atoms with E-state index in [1.54, 1.807) is 0 Å². The van der Waals surface area contributed by atoms with Gasteiger partial charge in [0.05, 0.1) is 0 Å². The fourth-order valence-electron chi connectivity index (χ4n) is 2.66. The Morgan fingerprint density at radius 2 is 2.00 bits per heavy atom. The van der Waals surface area contributed by atoms with Crippen molar-refractivity contribution in [1.29, 1.82) is 0 Å². The van der Waals surface area contributed by atoms with E-state index in [-0.39, 0.29) is 0 Å². The Morgan fingerprint density at radius 3 is 2.53 bits per heavy atom. The molecule has 1 fully saturated rings. The molecule has 2 nitrogen and oxygen atoms in total. The molecule has 1 aliphatic rings. The lowest BCUT2D eigenvalue weighted by Gasteiger charge is -2.31. The molecule has 0 amide bonds. The molecule has 0 spiro atoms. The third-order valence-electron chi connectivity index (χ3n) is 3.76. The van der Waals surface area contributed by atoms with E-state index >= 15 is 0 Å². The van der Waals surface area contributed by atoms with Crippen LogP contribution >= 0.6 is 0 Å². The maximum Gasteiger partial charge on any atom is 0.137 e. The number of ketones is 1. The molecular weight excluding hydrogens is 186 g/mol. The predicted octanol–water partition coefficient (Wildman–Crippen LogP) is 2.87. The maximum absolute atomic E-state index is 11.7. The van der Waals surface area contributed by atoms with Gasteiger partial charge in [-0.05, 0) is 32.7 Å². The van der Waals surface area contributed by atoms with Crippen molar-refractivity contribution in [2.75, 3.05) is 13.6 Å². The SMILES string of the molecule is CCC(CC)N(C)CC1CCCCC1=O. The first kappa shape index (κ1) is 12.7. The molecule has 88 valence electrons. The quantitative estimate of drug-likeness (QED) is 0.697. The van der Waals surface area contributed by atoms with Crippen LogP contribution in [-0.2, 0) is 4.79 Å². The number of carbonyl (C=O) groups excluding carboxylic acids is 1. The second-order valence-corrected chi connectivity index (χ2v) is 4.82. The van der Waals surface area contributed by atoms with Crippen molar-refractivity contribution < 1.29 is 4.79 Å². The molecule has 1 rings (SSSR count). The molecule has 0 aliphatic heterocycles. The van der Waals surface area contributed by atoms with Crippen LogP contribution in [0.25, 0.3) is 0 Å². The Morgan fingerprint density at radius 1 is 1.33 bits per heavy atom. The Bertz CT molecular complexity index is 199. The standard InChI is InChI=1S/C13H25NO/c1-4-12(5-2)14(3)10-11-8-6-7-9-13(11)15/h11-12H,4-10H2,1-3H3. The van der Waals surface area contributed by atoms with E-state index in [0.717, 1.165) is 25.8 Å². The van der Waals surface area contributed by atoms with E-state index in [1.807, 2.05) is 0 Å². The van der Waals surface area contributed by atoms with E-state index in [0.29, 0.717) is 17.7 Å². The van der Waals surface area contributed by atoms with Crippen molar-refractivity contribution >= 4 is 5.78 Å². The van der Waals surface area contributed by atoms with Crippen LogP contribution in [0.3, 0.4) is 0 Å². The van der Waals surface area contributed by atoms with Crippen molar-refractivity contribution in [2.24, 2.45) is 5.92 Å². The van der Waals surface area contributed by atoms with Crippen LogP contribution in [0.5, 0.6) is 0 Å². The molecule has 2 heteroatoms. The van der Waals surface area contributed by atoms with Crippen LogP contribution in [0.4, 0.5) is 0 Å². The number of hydrogen-bond donors (Lipinski definition) is 0. The van der Waals surface area contributed by atoms with E-state index in [4.69, 9.17) is 0 Å². The first-order chi connectivity index (χ1) is 7.19. The maximum atomic E-state index is 11.7. The summed E-state index contributed by atoms with van der Waals surface area (Å²) in [4.78, 5) is 14.1. The Hall–Kier alpha value is -0.370. The average Bonchev–Trinajstić information content (AvgIpc) is 2.23. The average molecular weight is 211 g/mol. The summed E-state index contributed by atoms with van der Waals surface area (Å²) >= 11 is 0. The lowest BCUT2D eigenvalue weighted by atomic mass is 9.87. The minimum absolute atomic E-state index is 0.323. The summed E-state index contributed by atoms with van der Waals surface area (Å²) < 4.78 is 0. The number of rotatable bonds is 5. The van der Waals surface area contributed by atoms with Gasteiger partial charge in [0.2, 0.25) is 0 Å². The monoisotopic (exact) mass is 211 g/mol. The molecule has 0 aromatic rings. The molecule has 0 heterocycles. The molecular formula is C13H25NO. The first-order valence-electron chi connectivity index (χ1n) is 6.42. The van der Waals surface area contributed by atoms with Gasteiger partial charge in [0.1, 0.15) is 5.78 Å². The predicted molar refractivity (Wildman–Crippen MR) is 64.0 cm³/mol. The van der Waals surface area contributed by atoms with Crippen molar-refractivity contribution in [2.45, 2.75) is 58.4 Å². The van der Waals surface area contributed by atoms with Gasteiger partial charge < -0.3 is 4.90 Å². The zero-order valence-electron chi connectivity index (χ0n) is 10.5. The summed E-state index contributed by atoms with van der Waals surface area (Å²) in [7, 11) is 2.17. The van der Waals surface area contributed by atoms with Crippen LogP contribution in [0.15, 0.2) is 0 Å². The van der Waals surface area contributed by atoms with Crippen LogP contribution < -0.4 is 0 Å². The van der Waals surface area contributed by atoms with Crippen LogP contribution in [0, 0.1) is 5.92 Å². The van der Waals surface area contributed by atoms with Gasteiger partial charge in [0, 0.05) is 24.9 Å². The molecule has 1 saturated carbocycles. The Balaban J connectivity index is 2.41. The summed E-state index contributed by atoms with van der Waals surface area (Å²) in [6.45, 7) is 5.44. The molecule has 1 aliphatic carbocycles. The smallest absolute Gasteiger partial charge is 0.137 e. The summed E-state index contributed by atoms with van der Waals surface area (Å²) in [6.07, 6.45) is 6.67. The van der Waals surface area contributed by atoms with Gasteiger partial charge in [-0.3, -0.25) is 4.79 Å². The van der Waals surface area contributed by atoms with Crippen LogP contribution in [0.1, 0.15) is 52.4 Å². The highest BCUT2D eigenvalue weighted by atomic mass is 16.1. The number of hydrogen-bond acceptors (Lipinski definition) is 2. The molecule has 0 saturated heterocycles. The summed E-state index contributed by atoms with van der Waals surface area (Å²) in [5.41, 5.74) is 0. The van der Waals surface area contributed by atoms with Crippen LogP contribution in [-0.4, -0.2) is 30.3 Å². The molecule has 15 heavy (non-hydrogen) atoms. The fourth-order valence-corrected chi connectivity index (χ4v) is 2.66. The van der Waals surface area contributed by atoms with E-state index < -0.39 is 0 Å². The molecule has 0 bridgehead atoms. The van der Waals surface area contributed by atoms with Gasteiger partial charge in [-0.1, -0.05) is 20.3 Å². The number of carbonyl (C=O) groups is 1. The Labute approximate surface area is 94.0 Å². The minimum atomic E-state index is 0.323. The van der Waals surface area contributed by atoms with Gasteiger partial charge in [0.15, 0.2) is 0 Å². The van der Waals surface area contributed by atoms with E-state index in [9.17, 15) is 4.79 Å². The highest BCUT2D eigenvalue weighted by molar-refractivity contribution is 5.81. The highest BCUT2D eigenvalue weighted by Crippen LogP contribution is 2.22. The summed E-state index contributed by atoms with van der Waals surface area (Å²) in [5, 5.41) is 0. The molecule has 1 atom stereocenters. The van der Waals surface area contributed by atoms with Crippen LogP contribution in [0.2, 0.25) is 0 Å². The van der Waals surface area contributed by atoms with Gasteiger partial charge in [-0.15, -0.1) is 0 Å². The minimum Gasteiger partial charge on any atom is -0.303 e. The molecule has 0 aromatic heterocycles. The van der Waals surface area contributed by atoms with Crippen molar-refractivity contribution in [3.05, 3.63) is 0 Å². The topological polar surface area (TPSA) is 20.3 Å². The van der Waals surface area contributed by atoms with Gasteiger partial charge >= 0.3 is 0 Å². The highest BCUT2D eigenvalue weighted by Gasteiger charge is 2.24.